The lowest BCUT2D eigenvalue weighted by Gasteiger charge is -2.37. The Morgan fingerprint density at radius 3 is 2.57 bits per heavy atom. The van der Waals surface area contributed by atoms with Gasteiger partial charge in [0, 0.05) is 22.9 Å². The molecule has 1 aliphatic heterocycles. The van der Waals surface area contributed by atoms with Gasteiger partial charge in [-0.1, -0.05) is 66.2 Å². The molecule has 1 fully saturated rings. The van der Waals surface area contributed by atoms with Crippen molar-refractivity contribution < 1.29 is 19.4 Å². The Morgan fingerprint density at radius 2 is 1.86 bits per heavy atom. The van der Waals surface area contributed by atoms with Gasteiger partial charge in [0.25, 0.3) is 0 Å². The monoisotopic (exact) mass is 400 g/mol. The number of ether oxygens (including phenoxy) is 2. The van der Waals surface area contributed by atoms with Crippen molar-refractivity contribution in [3.8, 4) is 0 Å². The van der Waals surface area contributed by atoms with Gasteiger partial charge in [0.1, 0.15) is 0 Å². The van der Waals surface area contributed by atoms with E-state index in [0.717, 1.165) is 17.5 Å². The molecule has 2 aromatic carbocycles. The molecule has 0 saturated carbocycles. The third-order valence-corrected chi connectivity index (χ3v) is 5.29. The van der Waals surface area contributed by atoms with E-state index in [1.807, 2.05) is 48.6 Å². The number of carbonyl (C=O) groups is 1. The van der Waals surface area contributed by atoms with Crippen LogP contribution < -0.4 is 0 Å². The molecule has 0 radical (unpaired) electrons. The highest BCUT2D eigenvalue weighted by Crippen LogP contribution is 2.42. The van der Waals surface area contributed by atoms with Crippen molar-refractivity contribution in [2.75, 3.05) is 6.61 Å². The minimum atomic E-state index is -0.783. The maximum Gasteiger partial charge on any atom is 0.303 e. The summed E-state index contributed by atoms with van der Waals surface area (Å²) in [6.07, 6.45) is 4.75. The van der Waals surface area contributed by atoms with Crippen LogP contribution in [0, 0.1) is 12.8 Å². The fraction of sp³-hybridized carbons (Fsp3) is 0.348. The van der Waals surface area contributed by atoms with Gasteiger partial charge in [-0.25, -0.2) is 0 Å². The van der Waals surface area contributed by atoms with Crippen LogP contribution in [0.25, 0.3) is 0 Å². The second-order valence-corrected chi connectivity index (χ2v) is 7.41. The Bertz CT molecular complexity index is 833. The lowest BCUT2D eigenvalue weighted by atomic mass is 9.89. The number of hydrogen-bond acceptors (Lipinski definition) is 3. The molecule has 0 aliphatic carbocycles. The number of hydrogen-bond donors (Lipinski definition) is 1. The molecule has 1 N–H and O–H groups in total. The number of aryl methyl sites for hydroxylation is 1. The smallest absolute Gasteiger partial charge is 0.303 e. The predicted molar refractivity (Wildman–Crippen MR) is 109 cm³/mol. The fourth-order valence-corrected chi connectivity index (χ4v) is 3.66. The quantitative estimate of drug-likeness (QED) is 0.591. The summed E-state index contributed by atoms with van der Waals surface area (Å²) in [5, 5.41) is 9.39. The number of halogens is 1. The zero-order chi connectivity index (χ0) is 19.9. The second-order valence-electron chi connectivity index (χ2n) is 7.00. The highest BCUT2D eigenvalue weighted by Gasteiger charge is 2.34. The average molecular weight is 401 g/mol. The maximum atomic E-state index is 10.7. The normalized spacial score (nSPS) is 22.4. The van der Waals surface area contributed by atoms with Gasteiger partial charge >= 0.3 is 5.97 Å². The van der Waals surface area contributed by atoms with Gasteiger partial charge in [-0.05, 0) is 37.0 Å². The third kappa shape index (κ3) is 5.22. The average Bonchev–Trinajstić information content (AvgIpc) is 2.68. The van der Waals surface area contributed by atoms with Crippen LogP contribution in [-0.4, -0.2) is 17.7 Å². The van der Waals surface area contributed by atoms with Gasteiger partial charge in [-0.3, -0.25) is 4.79 Å². The number of aliphatic carboxylic acids is 1. The standard InChI is InChI=1S/C23H25ClO4/c1-16-9-5-6-11-18(16)22-17(10-3-2-4-14-21(25)26)15-27-23(28-22)19-12-7-8-13-20(19)24/h2-3,5-9,11-13,17,22-23H,4,10,14-15H2,1H3,(H,25,26)/b3-2-/t17-,22+,23+/m0/s1. The first-order valence-electron chi connectivity index (χ1n) is 9.50. The van der Waals surface area contributed by atoms with E-state index in [-0.39, 0.29) is 18.4 Å². The molecule has 2 aromatic rings. The van der Waals surface area contributed by atoms with Crippen LogP contribution >= 0.6 is 11.6 Å². The molecule has 1 heterocycles. The minimum absolute atomic E-state index is 0.125. The molecule has 0 unspecified atom stereocenters. The van der Waals surface area contributed by atoms with Gasteiger partial charge in [0.15, 0.2) is 6.29 Å². The van der Waals surface area contributed by atoms with Crippen molar-refractivity contribution in [1.29, 1.82) is 0 Å². The molecule has 0 bridgehead atoms. The summed E-state index contributed by atoms with van der Waals surface area (Å²) in [7, 11) is 0. The van der Waals surface area contributed by atoms with E-state index in [2.05, 4.69) is 19.1 Å². The number of benzene rings is 2. The fourth-order valence-electron chi connectivity index (χ4n) is 3.43. The van der Waals surface area contributed by atoms with Gasteiger partial charge in [0.05, 0.1) is 12.7 Å². The van der Waals surface area contributed by atoms with E-state index in [1.165, 1.54) is 5.56 Å². The molecule has 4 nitrogen and oxygen atoms in total. The number of allylic oxidation sites excluding steroid dienone is 2. The Kier molecular flexibility index (Phi) is 7.26. The summed E-state index contributed by atoms with van der Waals surface area (Å²) < 4.78 is 12.4. The molecule has 3 atom stereocenters. The van der Waals surface area contributed by atoms with Crippen LogP contribution in [0.1, 0.15) is 48.3 Å². The summed E-state index contributed by atoms with van der Waals surface area (Å²) in [4.78, 5) is 10.7. The summed E-state index contributed by atoms with van der Waals surface area (Å²) >= 11 is 6.34. The summed E-state index contributed by atoms with van der Waals surface area (Å²) in [6.45, 7) is 2.62. The van der Waals surface area contributed by atoms with Crippen molar-refractivity contribution in [2.24, 2.45) is 5.92 Å². The first-order chi connectivity index (χ1) is 13.6. The first-order valence-corrected chi connectivity index (χ1v) is 9.88. The van der Waals surface area contributed by atoms with Crippen LogP contribution in [0.15, 0.2) is 60.7 Å². The summed E-state index contributed by atoms with van der Waals surface area (Å²) in [5.41, 5.74) is 3.15. The van der Waals surface area contributed by atoms with Crippen LogP contribution in [0.4, 0.5) is 0 Å². The molecular weight excluding hydrogens is 376 g/mol. The number of carboxylic acid groups (broad SMARTS) is 1. The van der Waals surface area contributed by atoms with Crippen molar-refractivity contribution in [3.63, 3.8) is 0 Å². The van der Waals surface area contributed by atoms with Crippen molar-refractivity contribution >= 4 is 17.6 Å². The minimum Gasteiger partial charge on any atom is -0.481 e. The number of rotatable bonds is 7. The van der Waals surface area contributed by atoms with E-state index >= 15 is 0 Å². The zero-order valence-electron chi connectivity index (χ0n) is 15.9. The molecule has 0 spiro atoms. The SMILES string of the molecule is Cc1ccccc1[C@@H]1O[C@H](c2ccccc2Cl)OC[C@@H]1C/C=C\CCC(=O)O. The van der Waals surface area contributed by atoms with Crippen LogP contribution in [-0.2, 0) is 14.3 Å². The maximum absolute atomic E-state index is 10.7. The van der Waals surface area contributed by atoms with Gasteiger partial charge < -0.3 is 14.6 Å². The molecule has 1 saturated heterocycles. The molecule has 1 aliphatic rings. The lowest BCUT2D eigenvalue weighted by Crippen LogP contribution is -2.31. The highest BCUT2D eigenvalue weighted by atomic mass is 35.5. The van der Waals surface area contributed by atoms with Gasteiger partial charge in [-0.2, -0.15) is 0 Å². The van der Waals surface area contributed by atoms with E-state index in [4.69, 9.17) is 26.2 Å². The predicted octanol–water partition coefficient (Wildman–Crippen LogP) is 5.86. The first kappa shape index (κ1) is 20.6. The molecule has 148 valence electrons. The second kappa shape index (κ2) is 9.87. The van der Waals surface area contributed by atoms with E-state index < -0.39 is 12.3 Å². The van der Waals surface area contributed by atoms with Crippen LogP contribution in [0.3, 0.4) is 0 Å². The Balaban J connectivity index is 1.77. The van der Waals surface area contributed by atoms with E-state index in [1.54, 1.807) is 0 Å². The van der Waals surface area contributed by atoms with Crippen molar-refractivity contribution in [1.82, 2.24) is 0 Å². The highest BCUT2D eigenvalue weighted by molar-refractivity contribution is 6.31. The van der Waals surface area contributed by atoms with Gasteiger partial charge in [-0.15, -0.1) is 0 Å². The van der Waals surface area contributed by atoms with Crippen molar-refractivity contribution in [3.05, 3.63) is 82.4 Å². The van der Waals surface area contributed by atoms with E-state index in [0.29, 0.717) is 18.1 Å². The van der Waals surface area contributed by atoms with Crippen molar-refractivity contribution in [2.45, 2.75) is 38.6 Å². The molecule has 0 aromatic heterocycles. The Morgan fingerprint density at radius 1 is 1.14 bits per heavy atom. The summed E-state index contributed by atoms with van der Waals surface area (Å²) in [5.74, 6) is -0.643. The molecule has 3 rings (SSSR count). The molecule has 28 heavy (non-hydrogen) atoms. The van der Waals surface area contributed by atoms with E-state index in [9.17, 15) is 4.79 Å². The summed E-state index contributed by atoms with van der Waals surface area (Å²) in [6, 6.07) is 15.8. The molecule has 5 heteroatoms. The molecular formula is C23H25ClO4. The topological polar surface area (TPSA) is 55.8 Å². The third-order valence-electron chi connectivity index (χ3n) is 4.94. The van der Waals surface area contributed by atoms with Crippen LogP contribution in [0.2, 0.25) is 5.02 Å². The Hall–Kier alpha value is -2.14. The van der Waals surface area contributed by atoms with Gasteiger partial charge in [0.2, 0.25) is 0 Å². The zero-order valence-corrected chi connectivity index (χ0v) is 16.6. The number of carboxylic acids is 1. The largest absolute Gasteiger partial charge is 0.481 e. The lowest BCUT2D eigenvalue weighted by molar-refractivity contribution is -0.244. The Labute approximate surface area is 170 Å². The molecule has 0 amide bonds. The van der Waals surface area contributed by atoms with Crippen LogP contribution in [0.5, 0.6) is 0 Å².